The van der Waals surface area contributed by atoms with Crippen molar-refractivity contribution in [3.05, 3.63) is 23.2 Å². The first-order valence-corrected chi connectivity index (χ1v) is 4.01. The van der Waals surface area contributed by atoms with Gasteiger partial charge in [0.2, 0.25) is 0 Å². The topological polar surface area (TPSA) is 25.8 Å². The van der Waals surface area contributed by atoms with E-state index >= 15 is 0 Å². The van der Waals surface area contributed by atoms with Crippen molar-refractivity contribution in [3.63, 3.8) is 0 Å². The summed E-state index contributed by atoms with van der Waals surface area (Å²) < 4.78 is 13.4. The zero-order valence-electron chi connectivity index (χ0n) is 5.84. The van der Waals surface area contributed by atoms with Crippen molar-refractivity contribution in [3.8, 4) is 0 Å². The lowest BCUT2D eigenvalue weighted by atomic mass is 10.3. The molecule has 0 aromatic carbocycles. The van der Waals surface area contributed by atoms with Crippen molar-refractivity contribution in [1.29, 1.82) is 0 Å². The quantitative estimate of drug-likeness (QED) is 0.563. The number of halogens is 1. The molecule has 0 amide bonds. The Bertz CT molecular complexity index is 396. The van der Waals surface area contributed by atoms with Gasteiger partial charge in [-0.3, -0.25) is 0 Å². The lowest BCUT2D eigenvalue weighted by Crippen LogP contribution is -1.86. The van der Waals surface area contributed by atoms with E-state index in [1.54, 1.807) is 0 Å². The average Bonchev–Trinajstić information content (AvgIpc) is 2.33. The minimum atomic E-state index is -0.654. The maximum atomic E-state index is 12.5. The largest absolute Gasteiger partial charge is 0.309 e. The molecule has 0 aliphatic heterocycles. The fraction of sp³-hybridized carbons (Fsp3) is 0.143. The monoisotopic (exact) mass is 168 g/mol. The second kappa shape index (κ2) is 2.23. The number of hydrogen-bond donors (Lipinski definition) is 0. The molecular formula is C7H5FN2S. The van der Waals surface area contributed by atoms with Crippen molar-refractivity contribution in [2.75, 3.05) is 0 Å². The molecule has 0 aliphatic carbocycles. The Hall–Kier alpha value is -1.03. The number of aryl methyl sites for hydroxylation is 1. The Morgan fingerprint density at radius 3 is 3.18 bits per heavy atom. The molecule has 0 N–H and O–H groups in total. The van der Waals surface area contributed by atoms with Crippen LogP contribution < -0.4 is 0 Å². The normalized spacial score (nSPS) is 10.7. The van der Waals surface area contributed by atoms with E-state index in [1.807, 2.05) is 12.3 Å². The average molecular weight is 168 g/mol. The molecule has 2 aromatic rings. The van der Waals surface area contributed by atoms with Crippen LogP contribution in [-0.2, 0) is 0 Å². The van der Waals surface area contributed by atoms with Gasteiger partial charge in [-0.15, -0.1) is 11.3 Å². The molecule has 0 saturated carbocycles. The molecule has 2 rings (SSSR count). The summed E-state index contributed by atoms with van der Waals surface area (Å²) in [7, 11) is 0. The van der Waals surface area contributed by atoms with Gasteiger partial charge >= 0.3 is 6.08 Å². The summed E-state index contributed by atoms with van der Waals surface area (Å²) in [6.07, 6.45) is 0.856. The molecule has 0 atom stereocenters. The summed E-state index contributed by atoms with van der Waals surface area (Å²) in [5, 5.41) is 1.94. The summed E-state index contributed by atoms with van der Waals surface area (Å²) >= 11 is 1.53. The zero-order valence-corrected chi connectivity index (χ0v) is 6.65. The summed E-state index contributed by atoms with van der Waals surface area (Å²) in [6.45, 7) is 1.91. The predicted molar refractivity (Wildman–Crippen MR) is 42.1 cm³/mol. The third-order valence-electron chi connectivity index (χ3n) is 1.46. The van der Waals surface area contributed by atoms with Gasteiger partial charge in [0, 0.05) is 0 Å². The van der Waals surface area contributed by atoms with Crippen LogP contribution in [0.1, 0.15) is 5.56 Å². The van der Waals surface area contributed by atoms with Gasteiger partial charge < -0.3 is 0 Å². The van der Waals surface area contributed by atoms with Gasteiger partial charge in [0.05, 0.1) is 16.4 Å². The van der Waals surface area contributed by atoms with Crippen molar-refractivity contribution < 1.29 is 4.39 Å². The maximum absolute atomic E-state index is 12.5. The van der Waals surface area contributed by atoms with E-state index in [4.69, 9.17) is 0 Å². The van der Waals surface area contributed by atoms with E-state index in [-0.39, 0.29) is 0 Å². The van der Waals surface area contributed by atoms with E-state index in [1.165, 1.54) is 17.5 Å². The van der Waals surface area contributed by atoms with Crippen LogP contribution in [0.3, 0.4) is 0 Å². The van der Waals surface area contributed by atoms with Gasteiger partial charge in [-0.1, -0.05) is 0 Å². The third kappa shape index (κ3) is 0.991. The lowest BCUT2D eigenvalue weighted by Gasteiger charge is -1.88. The molecule has 0 bridgehead atoms. The molecule has 2 aromatic heterocycles. The number of hydrogen-bond acceptors (Lipinski definition) is 3. The number of rotatable bonds is 0. The Morgan fingerprint density at radius 1 is 1.55 bits per heavy atom. The van der Waals surface area contributed by atoms with E-state index < -0.39 is 6.08 Å². The van der Waals surface area contributed by atoms with Gasteiger partial charge in [0.15, 0.2) is 0 Å². The summed E-state index contributed by atoms with van der Waals surface area (Å²) in [5.74, 6) is 0. The van der Waals surface area contributed by atoms with Gasteiger partial charge in [0.25, 0.3) is 0 Å². The Kier molecular flexibility index (Phi) is 1.35. The van der Waals surface area contributed by atoms with Crippen LogP contribution >= 0.6 is 11.3 Å². The maximum Gasteiger partial charge on any atom is 0.309 e. The van der Waals surface area contributed by atoms with E-state index in [0.29, 0.717) is 0 Å². The summed E-state index contributed by atoms with van der Waals surface area (Å²) in [6, 6.07) is 0. The van der Waals surface area contributed by atoms with Gasteiger partial charge in [-0.2, -0.15) is 4.39 Å². The highest BCUT2D eigenvalue weighted by Gasteiger charge is 2.02. The molecule has 11 heavy (non-hydrogen) atoms. The molecule has 2 heterocycles. The number of thiophene rings is 1. The van der Waals surface area contributed by atoms with E-state index in [2.05, 4.69) is 9.97 Å². The number of aromatic nitrogens is 2. The minimum absolute atomic E-state index is 0.654. The fourth-order valence-corrected chi connectivity index (χ4v) is 1.77. The number of nitrogens with zero attached hydrogens (tertiary/aromatic N) is 2. The zero-order chi connectivity index (χ0) is 7.84. The molecular weight excluding hydrogens is 163 g/mol. The molecule has 0 radical (unpaired) electrons. The van der Waals surface area contributed by atoms with Crippen LogP contribution in [0.25, 0.3) is 10.2 Å². The molecule has 0 saturated heterocycles. The van der Waals surface area contributed by atoms with Gasteiger partial charge in [-0.25, -0.2) is 9.97 Å². The molecule has 56 valence electrons. The van der Waals surface area contributed by atoms with Crippen LogP contribution in [0.5, 0.6) is 0 Å². The minimum Gasteiger partial charge on any atom is -0.209 e. The third-order valence-corrected chi connectivity index (χ3v) is 2.49. The molecule has 4 heteroatoms. The molecule has 0 spiro atoms. The van der Waals surface area contributed by atoms with Gasteiger partial charge in [0.1, 0.15) is 0 Å². The second-order valence-electron chi connectivity index (χ2n) is 2.27. The van der Waals surface area contributed by atoms with Crippen molar-refractivity contribution in [1.82, 2.24) is 9.97 Å². The Labute approximate surface area is 66.7 Å². The van der Waals surface area contributed by atoms with Crippen LogP contribution in [0.15, 0.2) is 11.6 Å². The summed E-state index contributed by atoms with van der Waals surface area (Å²) in [4.78, 5) is 7.12. The lowest BCUT2D eigenvalue weighted by molar-refractivity contribution is 0.544. The van der Waals surface area contributed by atoms with Crippen molar-refractivity contribution in [2.24, 2.45) is 0 Å². The molecule has 0 fully saturated rings. The van der Waals surface area contributed by atoms with E-state index in [0.717, 1.165) is 15.8 Å². The second-order valence-corrected chi connectivity index (χ2v) is 3.18. The molecule has 0 unspecified atom stereocenters. The first-order valence-electron chi connectivity index (χ1n) is 3.14. The molecule has 0 aliphatic rings. The van der Waals surface area contributed by atoms with Crippen LogP contribution in [0.4, 0.5) is 4.39 Å². The van der Waals surface area contributed by atoms with Crippen LogP contribution in [-0.4, -0.2) is 9.97 Å². The highest BCUT2D eigenvalue weighted by molar-refractivity contribution is 7.17. The molecule has 2 nitrogen and oxygen atoms in total. The van der Waals surface area contributed by atoms with Crippen molar-refractivity contribution in [2.45, 2.75) is 6.92 Å². The van der Waals surface area contributed by atoms with E-state index in [9.17, 15) is 4.39 Å². The smallest absolute Gasteiger partial charge is 0.209 e. The highest BCUT2D eigenvalue weighted by atomic mass is 32.1. The van der Waals surface area contributed by atoms with Crippen LogP contribution in [0.2, 0.25) is 0 Å². The summed E-state index contributed by atoms with van der Waals surface area (Å²) in [5.41, 5.74) is 1.73. The highest BCUT2D eigenvalue weighted by Crippen LogP contribution is 2.21. The first-order chi connectivity index (χ1) is 5.27. The van der Waals surface area contributed by atoms with Crippen LogP contribution in [0, 0.1) is 13.0 Å². The van der Waals surface area contributed by atoms with Gasteiger partial charge in [-0.05, 0) is 17.9 Å². The Balaban J connectivity index is 2.87. The predicted octanol–water partition coefficient (Wildman–Crippen LogP) is 2.14. The van der Waals surface area contributed by atoms with Crippen molar-refractivity contribution >= 4 is 21.6 Å². The standard InChI is InChI=1S/C7H5FN2S/c1-4-3-11-5-2-9-7(8)10-6(4)5/h2-3H,1H3. The fourth-order valence-electron chi connectivity index (χ4n) is 0.926. The number of fused-ring (bicyclic) bond motifs is 1. The SMILES string of the molecule is Cc1csc2cnc(F)nc12. The Morgan fingerprint density at radius 2 is 2.36 bits per heavy atom. The first kappa shape index (κ1) is 6.67.